The van der Waals surface area contributed by atoms with Gasteiger partial charge >= 0.3 is 12.0 Å². The summed E-state index contributed by atoms with van der Waals surface area (Å²) in [7, 11) is -0.787. The zero-order valence-corrected chi connectivity index (χ0v) is 19.2. The van der Waals surface area contributed by atoms with Crippen LogP contribution in [0.25, 0.3) is 0 Å². The smallest absolute Gasteiger partial charge is 0.331 e. The molecule has 0 bridgehead atoms. The van der Waals surface area contributed by atoms with Crippen LogP contribution in [0.2, 0.25) is 18.1 Å². The van der Waals surface area contributed by atoms with Gasteiger partial charge in [-0.3, -0.25) is 0 Å². The van der Waals surface area contributed by atoms with Gasteiger partial charge in [-0.15, -0.1) is 0 Å². The highest BCUT2D eigenvalue weighted by molar-refractivity contribution is 6.74. The summed E-state index contributed by atoms with van der Waals surface area (Å²) >= 11 is 0. The van der Waals surface area contributed by atoms with E-state index in [0.717, 1.165) is 6.07 Å². The number of urea groups is 1. The van der Waals surface area contributed by atoms with Crippen LogP contribution in [0, 0.1) is 11.6 Å². The Morgan fingerprint density at radius 1 is 1.28 bits per heavy atom. The van der Waals surface area contributed by atoms with Gasteiger partial charge in [0.2, 0.25) is 0 Å². The molecule has 0 saturated carbocycles. The summed E-state index contributed by atoms with van der Waals surface area (Å²) < 4.78 is 33.0. The molecule has 1 rings (SSSR count). The number of benzene rings is 1. The van der Waals surface area contributed by atoms with E-state index in [2.05, 4.69) is 5.32 Å². The van der Waals surface area contributed by atoms with Crippen molar-refractivity contribution in [1.82, 2.24) is 10.2 Å². The van der Waals surface area contributed by atoms with Gasteiger partial charge in [0, 0.05) is 31.6 Å². The van der Waals surface area contributed by atoms with Gasteiger partial charge < -0.3 is 19.7 Å². The molecule has 164 valence electrons. The number of halogens is 2. The van der Waals surface area contributed by atoms with Crippen molar-refractivity contribution in [3.05, 3.63) is 35.4 Å². The van der Waals surface area contributed by atoms with E-state index in [0.29, 0.717) is 0 Å². The van der Waals surface area contributed by atoms with Gasteiger partial charge in [-0.25, -0.2) is 18.4 Å². The van der Waals surface area contributed by atoms with E-state index < -0.39 is 44.1 Å². The van der Waals surface area contributed by atoms with Crippen LogP contribution in [0.4, 0.5) is 13.6 Å². The summed E-state index contributed by atoms with van der Waals surface area (Å²) in [6.07, 6.45) is -0.929. The molecule has 9 heteroatoms. The van der Waals surface area contributed by atoms with Crippen molar-refractivity contribution in [1.29, 1.82) is 0 Å². The lowest BCUT2D eigenvalue weighted by Crippen LogP contribution is -2.49. The predicted molar refractivity (Wildman–Crippen MR) is 110 cm³/mol. The predicted octanol–water partition coefficient (Wildman–Crippen LogP) is 4.36. The van der Waals surface area contributed by atoms with E-state index in [1.54, 1.807) is 6.92 Å². The minimum Gasteiger partial charge on any atom is -0.479 e. The molecular weight excluding hydrogens is 398 g/mol. The molecule has 6 nitrogen and oxygen atoms in total. The largest absolute Gasteiger partial charge is 0.479 e. The molecule has 0 spiro atoms. The molecule has 0 aliphatic heterocycles. The lowest BCUT2D eigenvalue weighted by atomic mass is 10.1. The van der Waals surface area contributed by atoms with E-state index in [-0.39, 0.29) is 23.6 Å². The minimum atomic E-state index is -2.31. The van der Waals surface area contributed by atoms with Crippen LogP contribution in [0.1, 0.15) is 39.7 Å². The maximum atomic E-state index is 13.7. The third-order valence-electron chi connectivity index (χ3n) is 5.52. The lowest BCUT2D eigenvalue weighted by Gasteiger charge is -2.39. The number of carboxylic acids is 1. The number of carbonyl (C=O) groups is 2. The van der Waals surface area contributed by atoms with E-state index in [1.165, 1.54) is 24.1 Å². The van der Waals surface area contributed by atoms with Crippen molar-refractivity contribution < 1.29 is 27.9 Å². The van der Waals surface area contributed by atoms with Gasteiger partial charge in [-0.05, 0) is 31.1 Å². The number of nitrogens with one attached hydrogen (secondary N) is 1. The molecule has 0 heterocycles. The molecule has 2 N–H and O–H groups in total. The van der Waals surface area contributed by atoms with Gasteiger partial charge in [0.05, 0.1) is 0 Å². The fraction of sp³-hybridized carbons (Fsp3) is 0.600. The Bertz CT molecular complexity index is 738. The highest BCUT2D eigenvalue weighted by Gasteiger charge is 2.41. The fourth-order valence-electron chi connectivity index (χ4n) is 2.38. The molecule has 1 unspecified atom stereocenters. The second-order valence-corrected chi connectivity index (χ2v) is 13.5. The number of amides is 2. The van der Waals surface area contributed by atoms with E-state index in [1.807, 2.05) is 33.9 Å². The van der Waals surface area contributed by atoms with E-state index >= 15 is 0 Å². The summed E-state index contributed by atoms with van der Waals surface area (Å²) in [5.74, 6) is -3.06. The molecule has 0 saturated heterocycles. The van der Waals surface area contributed by atoms with Crippen molar-refractivity contribution in [2.75, 3.05) is 7.05 Å². The van der Waals surface area contributed by atoms with Gasteiger partial charge in [0.1, 0.15) is 6.10 Å². The molecule has 2 atom stereocenters. The monoisotopic (exact) mass is 430 g/mol. The number of hydrogen-bond donors (Lipinski definition) is 2. The standard InChI is InChI=1S/C20H32F2N2O4Si/c1-13(11-16(18(25)26)28-29(6,7)20(2,3)4)24(5)19(27)23-12-14-9-8-10-15(21)17(14)22/h8-10,13,16H,11-12H2,1-7H3,(H,23,27)(H,25,26)/t13?,16-/m0/s1. The topological polar surface area (TPSA) is 78.9 Å². The first kappa shape index (κ1) is 25.0. The highest BCUT2D eigenvalue weighted by Crippen LogP contribution is 2.37. The zero-order chi connectivity index (χ0) is 22.6. The SMILES string of the molecule is CC(C[C@H](O[Si](C)(C)C(C)(C)C)C(=O)O)N(C)C(=O)NCc1cccc(F)c1F. The van der Waals surface area contributed by atoms with Crippen LogP contribution in [-0.2, 0) is 15.8 Å². The highest BCUT2D eigenvalue weighted by atomic mass is 28.4. The molecule has 0 fully saturated rings. The van der Waals surface area contributed by atoms with Gasteiger partial charge in [0.15, 0.2) is 20.0 Å². The van der Waals surface area contributed by atoms with E-state index in [4.69, 9.17) is 4.43 Å². The number of hydrogen-bond acceptors (Lipinski definition) is 3. The summed E-state index contributed by atoms with van der Waals surface area (Å²) in [5.41, 5.74) is 0.0316. The first-order valence-corrected chi connectivity index (χ1v) is 12.4. The van der Waals surface area contributed by atoms with Crippen LogP contribution in [-0.4, -0.2) is 49.5 Å². The molecule has 2 amide bonds. The first-order chi connectivity index (χ1) is 13.2. The maximum absolute atomic E-state index is 13.7. The Kier molecular flexibility index (Phi) is 8.34. The molecular formula is C20H32F2N2O4Si. The van der Waals surface area contributed by atoms with Crippen molar-refractivity contribution in [2.24, 2.45) is 0 Å². The Hall–Kier alpha value is -2.00. The summed E-state index contributed by atoms with van der Waals surface area (Å²) in [5, 5.41) is 12.0. The molecule has 0 aliphatic rings. The number of nitrogens with zero attached hydrogens (tertiary/aromatic N) is 1. The van der Waals surface area contributed by atoms with E-state index in [9.17, 15) is 23.5 Å². The normalized spacial score (nSPS) is 14.2. The minimum absolute atomic E-state index is 0.0316. The van der Waals surface area contributed by atoms with Crippen molar-refractivity contribution in [2.45, 2.75) is 70.9 Å². The fourth-order valence-corrected chi connectivity index (χ4v) is 3.64. The Morgan fingerprint density at radius 3 is 2.38 bits per heavy atom. The Labute approximate surface area is 172 Å². The van der Waals surface area contributed by atoms with Crippen LogP contribution in [0.15, 0.2) is 18.2 Å². The van der Waals surface area contributed by atoms with Crippen molar-refractivity contribution >= 4 is 20.3 Å². The summed E-state index contributed by atoms with van der Waals surface area (Å²) in [6, 6.07) is 2.79. The quantitative estimate of drug-likeness (QED) is 0.601. The van der Waals surface area contributed by atoms with Gasteiger partial charge in [-0.1, -0.05) is 32.9 Å². The molecule has 29 heavy (non-hydrogen) atoms. The van der Waals surface area contributed by atoms with Gasteiger partial charge in [0.25, 0.3) is 0 Å². The Morgan fingerprint density at radius 2 is 1.86 bits per heavy atom. The van der Waals surface area contributed by atoms with Crippen molar-refractivity contribution in [3.63, 3.8) is 0 Å². The molecule has 1 aromatic carbocycles. The molecule has 0 aromatic heterocycles. The lowest BCUT2D eigenvalue weighted by molar-refractivity contribution is -0.146. The van der Waals surface area contributed by atoms with Crippen LogP contribution in [0.3, 0.4) is 0 Å². The number of carbonyl (C=O) groups excluding carboxylic acids is 1. The number of carboxylic acid groups (broad SMARTS) is 1. The third kappa shape index (κ3) is 6.78. The van der Waals surface area contributed by atoms with Gasteiger partial charge in [-0.2, -0.15) is 0 Å². The number of aliphatic carboxylic acids is 1. The summed E-state index contributed by atoms with van der Waals surface area (Å²) in [4.78, 5) is 25.4. The van der Waals surface area contributed by atoms with Crippen LogP contribution in [0.5, 0.6) is 0 Å². The average molecular weight is 431 g/mol. The first-order valence-electron chi connectivity index (χ1n) is 9.51. The second kappa shape index (κ2) is 9.66. The average Bonchev–Trinajstić information content (AvgIpc) is 2.60. The molecule has 0 radical (unpaired) electrons. The molecule has 1 aromatic rings. The second-order valence-electron chi connectivity index (χ2n) is 8.77. The van der Waals surface area contributed by atoms with Crippen LogP contribution < -0.4 is 5.32 Å². The maximum Gasteiger partial charge on any atom is 0.331 e. The number of rotatable bonds is 8. The summed E-state index contributed by atoms with van der Waals surface area (Å²) in [6.45, 7) is 11.5. The third-order valence-corrected chi connectivity index (χ3v) is 10.0. The van der Waals surface area contributed by atoms with Crippen molar-refractivity contribution in [3.8, 4) is 0 Å². The zero-order valence-electron chi connectivity index (χ0n) is 18.2. The Balaban J connectivity index is 2.74. The van der Waals surface area contributed by atoms with Crippen LogP contribution >= 0.6 is 0 Å². The molecule has 0 aliphatic carbocycles.